The first kappa shape index (κ1) is 21.8. The quantitative estimate of drug-likeness (QED) is 0.357. The molecule has 1 amide bonds. The van der Waals surface area contributed by atoms with Gasteiger partial charge in [0.25, 0.3) is 5.91 Å². The minimum Gasteiger partial charge on any atom is -0.507 e. The summed E-state index contributed by atoms with van der Waals surface area (Å²) in [5.74, 6) is 3.58. The van der Waals surface area contributed by atoms with Gasteiger partial charge in [-0.1, -0.05) is 47.8 Å². The number of hydrogen-bond donors (Lipinski definition) is 5. The number of halogens is 2. The van der Waals surface area contributed by atoms with Gasteiger partial charge in [0.05, 0.1) is 10.6 Å². The predicted octanol–water partition coefficient (Wildman–Crippen LogP) is 2.15. The average molecular weight is 448 g/mol. The molecule has 0 saturated heterocycles. The Morgan fingerprint density at radius 3 is 2.77 bits per heavy atom. The van der Waals surface area contributed by atoms with Crippen molar-refractivity contribution in [1.82, 2.24) is 10.6 Å². The molecule has 2 unspecified atom stereocenters. The maximum absolute atomic E-state index is 14.8. The van der Waals surface area contributed by atoms with Crippen LogP contribution in [-0.2, 0) is 11.3 Å². The van der Waals surface area contributed by atoms with Gasteiger partial charge in [0.2, 0.25) is 0 Å². The maximum Gasteiger partial charge on any atom is 0.256 e. The first-order chi connectivity index (χ1) is 14.3. The van der Waals surface area contributed by atoms with Crippen LogP contribution in [0.5, 0.6) is 0 Å². The summed E-state index contributed by atoms with van der Waals surface area (Å²) in [5, 5.41) is 25.8. The summed E-state index contributed by atoms with van der Waals surface area (Å²) in [6.07, 6.45) is 2.43. The van der Waals surface area contributed by atoms with Crippen LogP contribution in [0.15, 0.2) is 59.3 Å². The van der Waals surface area contributed by atoms with E-state index < -0.39 is 29.8 Å². The Balaban J connectivity index is 1.85. The Kier molecular flexibility index (Phi) is 6.46. The monoisotopic (exact) mass is 447 g/mol. The summed E-state index contributed by atoms with van der Waals surface area (Å²) in [4.78, 5) is 12.5. The lowest BCUT2D eigenvalue weighted by Gasteiger charge is -2.36. The van der Waals surface area contributed by atoms with Crippen molar-refractivity contribution in [2.24, 2.45) is 11.1 Å². The Labute approximate surface area is 183 Å². The Morgan fingerprint density at radius 1 is 1.43 bits per heavy atom. The largest absolute Gasteiger partial charge is 0.507 e. The molecular formula is C21H19ClFN3O3S. The van der Waals surface area contributed by atoms with Gasteiger partial charge in [0, 0.05) is 29.8 Å². The second kappa shape index (κ2) is 8.88. The number of fused-ring (bicyclic) bond motifs is 1. The van der Waals surface area contributed by atoms with E-state index in [-0.39, 0.29) is 34.9 Å². The SMILES string of the molecule is NC(=S)C1(C#CCO)C=C(F)C2NC=C(C(=O)NCc3ccc(Cl)cc3)C(O)=C2C1. The number of aliphatic hydroxyl groups excluding tert-OH is 2. The third-order valence-electron chi connectivity index (χ3n) is 4.87. The molecule has 2 aliphatic rings. The third kappa shape index (κ3) is 4.33. The lowest BCUT2D eigenvalue weighted by atomic mass is 9.73. The van der Waals surface area contributed by atoms with Crippen LogP contribution in [-0.4, -0.2) is 33.8 Å². The number of hydrogen-bond acceptors (Lipinski definition) is 5. The van der Waals surface area contributed by atoms with Crippen LogP contribution >= 0.6 is 23.8 Å². The number of aliphatic hydroxyl groups is 2. The van der Waals surface area contributed by atoms with Gasteiger partial charge in [-0.15, -0.1) is 0 Å². The molecule has 6 nitrogen and oxygen atoms in total. The Hall–Kier alpha value is -2.86. The average Bonchev–Trinajstić information content (AvgIpc) is 2.72. The zero-order valence-corrected chi connectivity index (χ0v) is 17.3. The van der Waals surface area contributed by atoms with Crippen LogP contribution in [0, 0.1) is 17.3 Å². The molecule has 0 radical (unpaired) electrons. The first-order valence-electron chi connectivity index (χ1n) is 8.97. The molecule has 0 saturated carbocycles. The zero-order chi connectivity index (χ0) is 21.9. The third-order valence-corrected chi connectivity index (χ3v) is 5.49. The molecule has 3 rings (SSSR count). The van der Waals surface area contributed by atoms with E-state index in [1.807, 2.05) is 0 Å². The molecular weight excluding hydrogens is 429 g/mol. The fourth-order valence-electron chi connectivity index (χ4n) is 3.30. The van der Waals surface area contributed by atoms with Crippen molar-refractivity contribution in [3.05, 3.63) is 69.9 Å². The standard InChI is InChI=1S/C21H19ClFN3O3S/c22-13-4-2-12(3-5-13)10-26-19(29)15-11-25-17-14(18(15)28)8-21(20(24)30,6-1-7-27)9-16(17)23/h2-5,9,11,17,25,27-28H,7-8,10H2,(H2,24,30)(H,26,29). The molecule has 6 N–H and O–H groups in total. The van der Waals surface area contributed by atoms with E-state index in [0.29, 0.717) is 5.02 Å². The van der Waals surface area contributed by atoms with Crippen LogP contribution in [0.3, 0.4) is 0 Å². The molecule has 2 atom stereocenters. The van der Waals surface area contributed by atoms with E-state index in [1.54, 1.807) is 24.3 Å². The number of thiocarbonyl (C=S) groups is 1. The molecule has 1 aliphatic carbocycles. The highest BCUT2D eigenvalue weighted by molar-refractivity contribution is 7.80. The molecule has 0 fully saturated rings. The highest BCUT2D eigenvalue weighted by atomic mass is 35.5. The molecule has 1 aliphatic heterocycles. The Bertz CT molecular complexity index is 1040. The van der Waals surface area contributed by atoms with Crippen LogP contribution in [0.4, 0.5) is 4.39 Å². The highest BCUT2D eigenvalue weighted by Crippen LogP contribution is 2.41. The van der Waals surface area contributed by atoms with Crippen molar-refractivity contribution in [2.75, 3.05) is 6.61 Å². The zero-order valence-electron chi connectivity index (χ0n) is 15.7. The lowest BCUT2D eigenvalue weighted by Crippen LogP contribution is -2.44. The summed E-state index contributed by atoms with van der Waals surface area (Å²) < 4.78 is 14.8. The van der Waals surface area contributed by atoms with Crippen molar-refractivity contribution < 1.29 is 19.4 Å². The van der Waals surface area contributed by atoms with Crippen LogP contribution in [0.1, 0.15) is 12.0 Å². The van der Waals surface area contributed by atoms with E-state index in [4.69, 9.17) is 34.7 Å². The maximum atomic E-state index is 14.8. The minimum atomic E-state index is -1.37. The van der Waals surface area contributed by atoms with Crippen LogP contribution in [0.25, 0.3) is 0 Å². The molecule has 1 aromatic rings. The summed E-state index contributed by atoms with van der Waals surface area (Å²) in [6, 6.07) is 5.99. The number of nitrogens with two attached hydrogens (primary N) is 1. The van der Waals surface area contributed by atoms with Crippen molar-refractivity contribution in [3.63, 3.8) is 0 Å². The number of nitrogens with one attached hydrogen (secondary N) is 2. The van der Waals surface area contributed by atoms with Crippen molar-refractivity contribution >= 4 is 34.7 Å². The second-order valence-electron chi connectivity index (χ2n) is 6.84. The molecule has 9 heteroatoms. The fourth-order valence-corrected chi connectivity index (χ4v) is 3.61. The topological polar surface area (TPSA) is 108 Å². The van der Waals surface area contributed by atoms with Gasteiger partial charge in [-0.05, 0) is 23.8 Å². The van der Waals surface area contributed by atoms with Gasteiger partial charge < -0.3 is 26.6 Å². The fraction of sp³-hybridized carbons (Fsp3) is 0.238. The number of carbonyl (C=O) groups excluding carboxylic acids is 1. The number of amides is 1. The number of benzene rings is 1. The first-order valence-corrected chi connectivity index (χ1v) is 9.76. The molecule has 0 bridgehead atoms. The van der Waals surface area contributed by atoms with E-state index in [9.17, 15) is 14.3 Å². The van der Waals surface area contributed by atoms with E-state index in [0.717, 1.165) is 5.56 Å². The van der Waals surface area contributed by atoms with Crippen LogP contribution in [0.2, 0.25) is 5.02 Å². The summed E-state index contributed by atoms with van der Waals surface area (Å²) >= 11 is 10.9. The van der Waals surface area contributed by atoms with Gasteiger partial charge in [0.1, 0.15) is 29.6 Å². The lowest BCUT2D eigenvalue weighted by molar-refractivity contribution is -0.117. The van der Waals surface area contributed by atoms with Gasteiger partial charge in [-0.25, -0.2) is 4.39 Å². The van der Waals surface area contributed by atoms with Crippen LogP contribution < -0.4 is 16.4 Å². The van der Waals surface area contributed by atoms with E-state index >= 15 is 0 Å². The van der Waals surface area contributed by atoms with E-state index in [2.05, 4.69) is 22.5 Å². The second-order valence-corrected chi connectivity index (χ2v) is 7.72. The molecule has 0 spiro atoms. The van der Waals surface area contributed by atoms with Gasteiger partial charge in [-0.3, -0.25) is 4.79 Å². The molecule has 1 heterocycles. The van der Waals surface area contributed by atoms with Crippen molar-refractivity contribution in [1.29, 1.82) is 0 Å². The predicted molar refractivity (Wildman–Crippen MR) is 116 cm³/mol. The van der Waals surface area contributed by atoms with Gasteiger partial charge in [-0.2, -0.15) is 0 Å². The number of rotatable bonds is 4. The molecule has 30 heavy (non-hydrogen) atoms. The smallest absolute Gasteiger partial charge is 0.256 e. The van der Waals surface area contributed by atoms with E-state index in [1.165, 1.54) is 12.3 Å². The Morgan fingerprint density at radius 2 is 2.13 bits per heavy atom. The molecule has 1 aromatic carbocycles. The van der Waals surface area contributed by atoms with Gasteiger partial charge in [0.15, 0.2) is 0 Å². The summed E-state index contributed by atoms with van der Waals surface area (Å²) in [5.41, 5.74) is 5.41. The number of dihydropyridines is 1. The molecule has 0 aromatic heterocycles. The van der Waals surface area contributed by atoms with Crippen molar-refractivity contribution in [3.8, 4) is 11.8 Å². The van der Waals surface area contributed by atoms with Gasteiger partial charge >= 0.3 is 0 Å². The number of carbonyl (C=O) groups is 1. The minimum absolute atomic E-state index is 0.0198. The summed E-state index contributed by atoms with van der Waals surface area (Å²) in [6.45, 7) is -0.239. The van der Waals surface area contributed by atoms with Crippen molar-refractivity contribution in [2.45, 2.75) is 19.0 Å². The normalized spacial score (nSPS) is 22.6. The summed E-state index contributed by atoms with van der Waals surface area (Å²) in [7, 11) is 0. The highest BCUT2D eigenvalue weighted by Gasteiger charge is 2.43. The molecule has 156 valence electrons.